The van der Waals surface area contributed by atoms with E-state index in [4.69, 9.17) is 15.2 Å². The highest BCUT2D eigenvalue weighted by Crippen LogP contribution is 2.15. The lowest BCUT2D eigenvalue weighted by Gasteiger charge is -2.09. The summed E-state index contributed by atoms with van der Waals surface area (Å²) < 4.78 is 10.8. The second-order valence-electron chi connectivity index (χ2n) is 5.33. The first-order valence-electron chi connectivity index (χ1n) is 7.28. The van der Waals surface area contributed by atoms with Crippen molar-refractivity contribution < 1.29 is 19.1 Å². The van der Waals surface area contributed by atoms with Gasteiger partial charge in [0.1, 0.15) is 12.4 Å². The molecular formula is C18H19NO4. The van der Waals surface area contributed by atoms with Crippen LogP contribution in [0.15, 0.2) is 48.5 Å². The van der Waals surface area contributed by atoms with E-state index in [2.05, 4.69) is 0 Å². The average molecular weight is 313 g/mol. The largest absolute Gasteiger partial charge is 0.489 e. The summed E-state index contributed by atoms with van der Waals surface area (Å²) >= 11 is 0. The van der Waals surface area contributed by atoms with Crippen molar-refractivity contribution in [3.8, 4) is 5.75 Å². The predicted molar refractivity (Wildman–Crippen MR) is 86.3 cm³/mol. The summed E-state index contributed by atoms with van der Waals surface area (Å²) in [5.41, 5.74) is 7.05. The minimum atomic E-state index is -0.457. The van der Waals surface area contributed by atoms with Gasteiger partial charge in [-0.2, -0.15) is 0 Å². The first-order valence-corrected chi connectivity index (χ1v) is 7.28. The Hall–Kier alpha value is -2.82. The molecule has 0 fully saturated rings. The third-order valence-electron chi connectivity index (χ3n) is 3.08. The fourth-order valence-corrected chi connectivity index (χ4v) is 1.90. The lowest BCUT2D eigenvalue weighted by molar-refractivity contribution is 0.0377. The van der Waals surface area contributed by atoms with E-state index in [1.54, 1.807) is 62.4 Å². The SMILES string of the molecule is CC(C)OC(=O)c1ccc(OCc2ccc(C(N)=O)cc2)cc1. The smallest absolute Gasteiger partial charge is 0.338 e. The van der Waals surface area contributed by atoms with Crippen molar-refractivity contribution in [1.29, 1.82) is 0 Å². The van der Waals surface area contributed by atoms with E-state index in [0.29, 0.717) is 23.5 Å². The molecule has 120 valence electrons. The molecule has 0 heterocycles. The Balaban J connectivity index is 1.93. The van der Waals surface area contributed by atoms with Gasteiger partial charge >= 0.3 is 5.97 Å². The molecule has 0 atom stereocenters. The zero-order valence-electron chi connectivity index (χ0n) is 13.1. The van der Waals surface area contributed by atoms with Gasteiger partial charge in [0.25, 0.3) is 0 Å². The van der Waals surface area contributed by atoms with Crippen LogP contribution in [0.2, 0.25) is 0 Å². The Morgan fingerprint density at radius 1 is 0.957 bits per heavy atom. The number of carbonyl (C=O) groups excluding carboxylic acids is 2. The molecule has 1 amide bonds. The Morgan fingerprint density at radius 2 is 1.52 bits per heavy atom. The fraction of sp³-hybridized carbons (Fsp3) is 0.222. The van der Waals surface area contributed by atoms with Gasteiger partial charge in [-0.25, -0.2) is 4.79 Å². The first kappa shape index (κ1) is 16.5. The van der Waals surface area contributed by atoms with Crippen LogP contribution in [0.3, 0.4) is 0 Å². The number of rotatable bonds is 6. The zero-order valence-corrected chi connectivity index (χ0v) is 13.1. The Morgan fingerprint density at radius 3 is 2.04 bits per heavy atom. The number of amides is 1. The second kappa shape index (κ2) is 7.45. The van der Waals surface area contributed by atoms with Gasteiger partial charge in [-0.3, -0.25) is 4.79 Å². The molecule has 0 aliphatic rings. The molecular weight excluding hydrogens is 294 g/mol. The highest BCUT2D eigenvalue weighted by atomic mass is 16.5. The molecule has 0 saturated carbocycles. The summed E-state index contributed by atoms with van der Waals surface area (Å²) in [5, 5.41) is 0. The van der Waals surface area contributed by atoms with Crippen molar-refractivity contribution in [3.63, 3.8) is 0 Å². The van der Waals surface area contributed by atoms with Gasteiger partial charge in [0.05, 0.1) is 11.7 Å². The number of benzene rings is 2. The highest BCUT2D eigenvalue weighted by Gasteiger charge is 2.09. The van der Waals surface area contributed by atoms with E-state index in [1.807, 2.05) is 0 Å². The van der Waals surface area contributed by atoms with Crippen LogP contribution in [-0.2, 0) is 11.3 Å². The normalized spacial score (nSPS) is 10.4. The van der Waals surface area contributed by atoms with E-state index in [-0.39, 0.29) is 12.1 Å². The van der Waals surface area contributed by atoms with Gasteiger partial charge in [0, 0.05) is 5.56 Å². The first-order chi connectivity index (χ1) is 11.0. The fourth-order valence-electron chi connectivity index (χ4n) is 1.90. The molecule has 0 saturated heterocycles. The molecule has 2 aromatic rings. The molecule has 5 nitrogen and oxygen atoms in total. The molecule has 0 bridgehead atoms. The monoisotopic (exact) mass is 313 g/mol. The molecule has 0 aliphatic heterocycles. The van der Waals surface area contributed by atoms with Gasteiger partial charge in [-0.1, -0.05) is 12.1 Å². The number of hydrogen-bond donors (Lipinski definition) is 1. The summed E-state index contributed by atoms with van der Waals surface area (Å²) in [5.74, 6) is -0.167. The Labute approximate surface area is 135 Å². The third kappa shape index (κ3) is 4.85. The number of primary amides is 1. The number of nitrogens with two attached hydrogens (primary N) is 1. The molecule has 0 radical (unpaired) electrons. The maximum Gasteiger partial charge on any atom is 0.338 e. The summed E-state index contributed by atoms with van der Waals surface area (Å²) in [4.78, 5) is 22.7. The van der Waals surface area contributed by atoms with Crippen LogP contribution in [0.1, 0.15) is 40.1 Å². The van der Waals surface area contributed by atoms with Crippen LogP contribution in [0.25, 0.3) is 0 Å². The van der Waals surface area contributed by atoms with Crippen molar-refractivity contribution in [1.82, 2.24) is 0 Å². The van der Waals surface area contributed by atoms with E-state index in [9.17, 15) is 9.59 Å². The maximum absolute atomic E-state index is 11.7. The van der Waals surface area contributed by atoms with Crippen LogP contribution in [-0.4, -0.2) is 18.0 Å². The van der Waals surface area contributed by atoms with Crippen molar-refractivity contribution >= 4 is 11.9 Å². The molecule has 2 rings (SSSR count). The zero-order chi connectivity index (χ0) is 16.8. The van der Waals surface area contributed by atoms with E-state index >= 15 is 0 Å². The molecule has 5 heteroatoms. The van der Waals surface area contributed by atoms with Crippen molar-refractivity contribution in [3.05, 3.63) is 65.2 Å². The minimum Gasteiger partial charge on any atom is -0.489 e. The van der Waals surface area contributed by atoms with Gasteiger partial charge in [-0.15, -0.1) is 0 Å². The molecule has 0 aromatic heterocycles. The molecule has 23 heavy (non-hydrogen) atoms. The lowest BCUT2D eigenvalue weighted by atomic mass is 10.1. The number of ether oxygens (including phenoxy) is 2. The summed E-state index contributed by atoms with van der Waals surface area (Å²) in [7, 11) is 0. The standard InChI is InChI=1S/C18H19NO4/c1-12(2)23-18(21)15-7-9-16(10-8-15)22-11-13-3-5-14(6-4-13)17(19)20/h3-10,12H,11H2,1-2H3,(H2,19,20). The van der Waals surface area contributed by atoms with Crippen LogP contribution < -0.4 is 10.5 Å². The Bertz CT molecular complexity index is 675. The van der Waals surface area contributed by atoms with E-state index in [0.717, 1.165) is 5.56 Å². The van der Waals surface area contributed by atoms with Crippen LogP contribution in [0.5, 0.6) is 5.75 Å². The summed E-state index contributed by atoms with van der Waals surface area (Å²) in [6, 6.07) is 13.6. The van der Waals surface area contributed by atoms with Crippen molar-refractivity contribution in [2.45, 2.75) is 26.6 Å². The minimum absolute atomic E-state index is 0.151. The predicted octanol–water partition coefficient (Wildman–Crippen LogP) is 2.93. The number of hydrogen-bond acceptors (Lipinski definition) is 4. The quantitative estimate of drug-likeness (QED) is 0.832. The number of carbonyl (C=O) groups is 2. The maximum atomic E-state index is 11.7. The van der Waals surface area contributed by atoms with Crippen LogP contribution in [0, 0.1) is 0 Å². The second-order valence-corrected chi connectivity index (χ2v) is 5.33. The van der Waals surface area contributed by atoms with Gasteiger partial charge in [-0.05, 0) is 55.8 Å². The van der Waals surface area contributed by atoms with E-state index < -0.39 is 5.91 Å². The molecule has 2 aromatic carbocycles. The van der Waals surface area contributed by atoms with Gasteiger partial charge in [0.15, 0.2) is 0 Å². The Kier molecular flexibility index (Phi) is 5.36. The molecule has 2 N–H and O–H groups in total. The average Bonchev–Trinajstić information content (AvgIpc) is 2.53. The topological polar surface area (TPSA) is 78.6 Å². The van der Waals surface area contributed by atoms with E-state index in [1.165, 1.54) is 0 Å². The lowest BCUT2D eigenvalue weighted by Crippen LogP contribution is -2.11. The van der Waals surface area contributed by atoms with Crippen molar-refractivity contribution in [2.24, 2.45) is 5.73 Å². The van der Waals surface area contributed by atoms with Crippen LogP contribution in [0.4, 0.5) is 0 Å². The van der Waals surface area contributed by atoms with Gasteiger partial charge < -0.3 is 15.2 Å². The molecule has 0 unspecified atom stereocenters. The molecule has 0 aliphatic carbocycles. The van der Waals surface area contributed by atoms with Gasteiger partial charge in [0.2, 0.25) is 5.91 Å². The summed E-state index contributed by atoms with van der Waals surface area (Å²) in [6.45, 7) is 3.96. The molecule has 0 spiro atoms. The van der Waals surface area contributed by atoms with Crippen LogP contribution >= 0.6 is 0 Å². The summed E-state index contributed by atoms with van der Waals surface area (Å²) in [6.07, 6.45) is -0.151. The highest BCUT2D eigenvalue weighted by molar-refractivity contribution is 5.92. The van der Waals surface area contributed by atoms with Crippen molar-refractivity contribution in [2.75, 3.05) is 0 Å². The number of esters is 1. The third-order valence-corrected chi connectivity index (χ3v) is 3.08.